The Hall–Kier alpha value is -1.51. The lowest BCUT2D eigenvalue weighted by molar-refractivity contribution is -0.145. The van der Waals surface area contributed by atoms with Crippen molar-refractivity contribution in [1.82, 2.24) is 4.98 Å². The standard InChI is InChI=1S/C12H12BrN3O4/c13-7-3-8-11(14-4-7)15-10(17)5-16(8)12(18)9-6-19-1-2-20-9/h3-4,9H,1-2,5-6H2,(H,14,15,17). The summed E-state index contributed by atoms with van der Waals surface area (Å²) in [5.74, 6) is -0.201. The summed E-state index contributed by atoms with van der Waals surface area (Å²) < 4.78 is 11.4. The number of carbonyl (C=O) groups excluding carboxylic acids is 2. The second-order valence-electron chi connectivity index (χ2n) is 4.43. The molecule has 2 amide bonds. The van der Waals surface area contributed by atoms with Crippen molar-refractivity contribution in [2.45, 2.75) is 6.10 Å². The first-order valence-corrected chi connectivity index (χ1v) is 6.90. The van der Waals surface area contributed by atoms with Crippen LogP contribution in [0.3, 0.4) is 0 Å². The zero-order valence-corrected chi connectivity index (χ0v) is 12.1. The zero-order valence-electron chi connectivity index (χ0n) is 10.5. The summed E-state index contributed by atoms with van der Waals surface area (Å²) in [5.41, 5.74) is 0.554. The Morgan fingerprint density at radius 3 is 3.10 bits per heavy atom. The van der Waals surface area contributed by atoms with E-state index in [9.17, 15) is 9.59 Å². The maximum absolute atomic E-state index is 12.5. The predicted octanol–water partition coefficient (Wildman–Crippen LogP) is 0.545. The third kappa shape index (κ3) is 2.54. The fourth-order valence-corrected chi connectivity index (χ4v) is 2.45. The van der Waals surface area contributed by atoms with Gasteiger partial charge in [0.05, 0.1) is 25.5 Å². The minimum absolute atomic E-state index is 0.0518. The smallest absolute Gasteiger partial charge is 0.259 e. The second kappa shape index (κ2) is 5.47. The molecule has 1 N–H and O–H groups in total. The van der Waals surface area contributed by atoms with Gasteiger partial charge in [-0.15, -0.1) is 0 Å². The average molecular weight is 342 g/mol. The number of hydrogen-bond donors (Lipinski definition) is 1. The first-order valence-electron chi connectivity index (χ1n) is 6.11. The van der Waals surface area contributed by atoms with Crippen LogP contribution in [0.4, 0.5) is 11.5 Å². The number of pyridine rings is 1. The summed E-state index contributed by atoms with van der Waals surface area (Å²) in [4.78, 5) is 29.6. The van der Waals surface area contributed by atoms with E-state index in [1.807, 2.05) is 0 Å². The molecular weight excluding hydrogens is 330 g/mol. The molecule has 1 fully saturated rings. The maximum atomic E-state index is 12.5. The number of halogens is 1. The number of ether oxygens (including phenoxy) is 2. The number of anilines is 2. The van der Waals surface area contributed by atoms with Gasteiger partial charge in [-0.1, -0.05) is 0 Å². The molecule has 1 unspecified atom stereocenters. The van der Waals surface area contributed by atoms with Gasteiger partial charge in [0.25, 0.3) is 5.91 Å². The summed E-state index contributed by atoms with van der Waals surface area (Å²) >= 11 is 3.31. The molecular formula is C12H12BrN3O4. The summed E-state index contributed by atoms with van der Waals surface area (Å²) in [6, 6.07) is 1.74. The minimum Gasteiger partial charge on any atom is -0.376 e. The maximum Gasteiger partial charge on any atom is 0.259 e. The molecule has 2 aliphatic heterocycles. The average Bonchev–Trinajstić information content (AvgIpc) is 2.47. The highest BCUT2D eigenvalue weighted by atomic mass is 79.9. The highest BCUT2D eigenvalue weighted by Crippen LogP contribution is 2.30. The third-order valence-electron chi connectivity index (χ3n) is 3.04. The van der Waals surface area contributed by atoms with Crippen LogP contribution in [-0.4, -0.2) is 49.3 Å². The van der Waals surface area contributed by atoms with E-state index in [0.29, 0.717) is 24.7 Å². The topological polar surface area (TPSA) is 80.8 Å². The van der Waals surface area contributed by atoms with Gasteiger partial charge in [-0.05, 0) is 22.0 Å². The van der Waals surface area contributed by atoms with Crippen molar-refractivity contribution >= 4 is 39.2 Å². The van der Waals surface area contributed by atoms with Crippen LogP contribution in [0.5, 0.6) is 0 Å². The molecule has 0 aliphatic carbocycles. The number of fused-ring (bicyclic) bond motifs is 1. The van der Waals surface area contributed by atoms with Gasteiger partial charge in [0.2, 0.25) is 5.91 Å². The van der Waals surface area contributed by atoms with Crippen molar-refractivity contribution in [2.75, 3.05) is 36.6 Å². The fraction of sp³-hybridized carbons (Fsp3) is 0.417. The van der Waals surface area contributed by atoms with Crippen molar-refractivity contribution < 1.29 is 19.1 Å². The van der Waals surface area contributed by atoms with Gasteiger partial charge in [0.1, 0.15) is 6.54 Å². The molecule has 2 aliphatic rings. The lowest BCUT2D eigenvalue weighted by atomic mass is 10.2. The largest absolute Gasteiger partial charge is 0.376 e. The van der Waals surface area contributed by atoms with Gasteiger partial charge >= 0.3 is 0 Å². The van der Waals surface area contributed by atoms with Gasteiger partial charge in [0.15, 0.2) is 11.9 Å². The van der Waals surface area contributed by atoms with Crippen LogP contribution in [0.25, 0.3) is 0 Å². The van der Waals surface area contributed by atoms with Crippen molar-refractivity contribution in [3.63, 3.8) is 0 Å². The molecule has 20 heavy (non-hydrogen) atoms. The number of nitrogens with zero attached hydrogens (tertiary/aromatic N) is 2. The SMILES string of the molecule is O=C1CN(C(=O)C2COCCO2)c2cc(Br)cnc2N1. The molecule has 1 atom stereocenters. The molecule has 1 aromatic rings. The van der Waals surface area contributed by atoms with Crippen LogP contribution >= 0.6 is 15.9 Å². The summed E-state index contributed by atoms with van der Waals surface area (Å²) in [7, 11) is 0. The predicted molar refractivity (Wildman–Crippen MR) is 73.5 cm³/mol. The molecule has 106 valence electrons. The molecule has 3 rings (SSSR count). The van der Waals surface area contributed by atoms with E-state index < -0.39 is 6.10 Å². The van der Waals surface area contributed by atoms with Gasteiger partial charge in [-0.2, -0.15) is 0 Å². The van der Waals surface area contributed by atoms with Crippen molar-refractivity contribution in [3.8, 4) is 0 Å². The van der Waals surface area contributed by atoms with Crippen LogP contribution in [0.2, 0.25) is 0 Å². The van der Waals surface area contributed by atoms with Crippen LogP contribution in [0.1, 0.15) is 0 Å². The number of nitrogens with one attached hydrogen (secondary N) is 1. The summed E-state index contributed by atoms with van der Waals surface area (Å²) in [6.07, 6.45) is 0.884. The lowest BCUT2D eigenvalue weighted by Crippen LogP contribution is -2.50. The van der Waals surface area contributed by atoms with E-state index in [-0.39, 0.29) is 25.0 Å². The van der Waals surface area contributed by atoms with E-state index >= 15 is 0 Å². The molecule has 0 radical (unpaired) electrons. The Bertz CT molecular complexity index is 560. The molecule has 8 heteroatoms. The summed E-state index contributed by atoms with van der Waals surface area (Å²) in [5, 5.41) is 2.64. The van der Waals surface area contributed by atoms with Crippen LogP contribution in [0.15, 0.2) is 16.7 Å². The first kappa shape index (κ1) is 13.5. The van der Waals surface area contributed by atoms with E-state index in [1.54, 1.807) is 12.3 Å². The van der Waals surface area contributed by atoms with E-state index in [2.05, 4.69) is 26.2 Å². The van der Waals surface area contributed by atoms with Crippen LogP contribution in [-0.2, 0) is 19.1 Å². The molecule has 0 aromatic carbocycles. The summed E-state index contributed by atoms with van der Waals surface area (Å²) in [6.45, 7) is 1.01. The van der Waals surface area contributed by atoms with Gasteiger partial charge < -0.3 is 14.8 Å². The van der Waals surface area contributed by atoms with Crippen LogP contribution < -0.4 is 10.2 Å². The highest BCUT2D eigenvalue weighted by Gasteiger charge is 2.34. The first-order chi connectivity index (χ1) is 9.65. The van der Waals surface area contributed by atoms with E-state index in [0.717, 1.165) is 4.47 Å². The number of rotatable bonds is 1. The van der Waals surface area contributed by atoms with Gasteiger partial charge in [-0.3, -0.25) is 14.5 Å². The fourth-order valence-electron chi connectivity index (χ4n) is 2.13. The molecule has 7 nitrogen and oxygen atoms in total. The van der Waals surface area contributed by atoms with Crippen molar-refractivity contribution in [3.05, 3.63) is 16.7 Å². The lowest BCUT2D eigenvalue weighted by Gasteiger charge is -2.32. The van der Waals surface area contributed by atoms with Crippen LogP contribution in [0, 0.1) is 0 Å². The number of carbonyl (C=O) groups is 2. The second-order valence-corrected chi connectivity index (χ2v) is 5.34. The molecule has 1 saturated heterocycles. The number of aromatic nitrogens is 1. The van der Waals surface area contributed by atoms with Gasteiger partial charge in [0, 0.05) is 10.7 Å². The minimum atomic E-state index is -0.679. The molecule has 0 spiro atoms. The molecule has 3 heterocycles. The van der Waals surface area contributed by atoms with Crippen molar-refractivity contribution in [1.29, 1.82) is 0 Å². The Morgan fingerprint density at radius 1 is 1.50 bits per heavy atom. The number of amides is 2. The Kier molecular flexibility index (Phi) is 3.68. The normalized spacial score (nSPS) is 22.1. The molecule has 1 aromatic heterocycles. The van der Waals surface area contributed by atoms with E-state index in [1.165, 1.54) is 4.90 Å². The molecule has 0 bridgehead atoms. The Balaban J connectivity index is 1.91. The third-order valence-corrected chi connectivity index (χ3v) is 3.48. The molecule has 0 saturated carbocycles. The van der Waals surface area contributed by atoms with Crippen molar-refractivity contribution in [2.24, 2.45) is 0 Å². The monoisotopic (exact) mass is 341 g/mol. The highest BCUT2D eigenvalue weighted by molar-refractivity contribution is 9.10. The quantitative estimate of drug-likeness (QED) is 0.806. The van der Waals surface area contributed by atoms with Gasteiger partial charge in [-0.25, -0.2) is 4.98 Å². The zero-order chi connectivity index (χ0) is 14.1. The Labute approximate surface area is 123 Å². The van der Waals surface area contributed by atoms with E-state index in [4.69, 9.17) is 9.47 Å². The number of hydrogen-bond acceptors (Lipinski definition) is 5. The Morgan fingerprint density at radius 2 is 2.35 bits per heavy atom.